The Labute approximate surface area is 452 Å². The highest BCUT2D eigenvalue weighted by molar-refractivity contribution is 8.00. The molecule has 0 bridgehead atoms. The van der Waals surface area contributed by atoms with E-state index in [4.69, 9.17) is 13.9 Å². The molecule has 17 nitrogen and oxygen atoms in total. The number of benzene rings is 6. The first kappa shape index (κ1) is 49.3. The van der Waals surface area contributed by atoms with Crippen LogP contribution in [0.2, 0.25) is 0 Å². The van der Waals surface area contributed by atoms with E-state index in [9.17, 15) is 37.8 Å². The van der Waals surface area contributed by atoms with Crippen LogP contribution in [0.1, 0.15) is 23.1 Å². The van der Waals surface area contributed by atoms with E-state index >= 15 is 0 Å². The number of sulfonamides is 1. The zero-order valence-corrected chi connectivity index (χ0v) is 43.7. The number of carbonyl (C=O) groups is 4. The first-order valence-electron chi connectivity index (χ1n) is 25.7. The number of carboxylic acid groups (broad SMARTS) is 1. The van der Waals surface area contributed by atoms with E-state index in [0.717, 1.165) is 69.9 Å². The van der Waals surface area contributed by atoms with Gasteiger partial charge in [-0.3, -0.25) is 24.2 Å². The topological polar surface area (TPSA) is 201 Å². The molecule has 3 saturated heterocycles. The molecule has 6 aliphatic rings. The summed E-state index contributed by atoms with van der Waals surface area (Å²) in [7, 11) is -2.59. The van der Waals surface area contributed by atoms with Crippen molar-refractivity contribution in [3.8, 4) is 16.9 Å². The molecule has 1 unspecified atom stereocenters. The number of hydrogen-bond acceptors (Lipinski definition) is 12. The molecule has 78 heavy (non-hydrogen) atoms. The average Bonchev–Trinajstić information content (AvgIpc) is 4.20. The number of amides is 3. The van der Waals surface area contributed by atoms with Gasteiger partial charge in [-0.2, -0.15) is 4.31 Å². The Kier molecular flexibility index (Phi) is 12.2. The number of nitrogens with one attached hydrogen (secondary N) is 1. The third kappa shape index (κ3) is 8.22. The lowest BCUT2D eigenvalue weighted by atomic mass is 9.96. The van der Waals surface area contributed by atoms with Crippen LogP contribution in [0.4, 0.5) is 22.7 Å². The largest absolute Gasteiger partial charge is 0.489 e. The number of ether oxygens (including phenoxy) is 2. The molecule has 0 saturated carbocycles. The maximum Gasteiger partial charge on any atom is 0.363 e. The predicted molar refractivity (Wildman–Crippen MR) is 293 cm³/mol. The van der Waals surface area contributed by atoms with Crippen molar-refractivity contribution in [2.45, 2.75) is 54.4 Å². The van der Waals surface area contributed by atoms with Gasteiger partial charge in [0.15, 0.2) is 12.3 Å². The van der Waals surface area contributed by atoms with Crippen LogP contribution in [0.5, 0.6) is 5.75 Å². The number of aliphatic hydroxyl groups is 1. The molecule has 3 N–H and O–H groups in total. The van der Waals surface area contributed by atoms with Crippen molar-refractivity contribution in [1.29, 1.82) is 0 Å². The molecule has 394 valence electrons. The van der Waals surface area contributed by atoms with Crippen LogP contribution in [0.25, 0.3) is 33.1 Å². The Bertz CT molecular complexity index is 3760. The Balaban J connectivity index is 0.740. The number of thioether (sulfide) groups is 1. The molecule has 13 rings (SSSR count). The predicted octanol–water partition coefficient (Wildman–Crippen LogP) is 7.69. The molecule has 6 aliphatic heterocycles. The number of aliphatic carboxylic acids is 1. The lowest BCUT2D eigenvalue weighted by Gasteiger charge is -2.49. The molecular weight excluding hydrogens is 1030 g/mol. The number of carboxylic acids is 1. The third-order valence-electron chi connectivity index (χ3n) is 15.5. The Morgan fingerprint density at radius 2 is 1.47 bits per heavy atom. The molecule has 1 aromatic heterocycles. The van der Waals surface area contributed by atoms with Crippen LogP contribution in [-0.4, -0.2) is 119 Å². The van der Waals surface area contributed by atoms with Gasteiger partial charge in [0.05, 0.1) is 52.2 Å². The van der Waals surface area contributed by atoms with Crippen LogP contribution in [-0.2, 0) is 53.3 Å². The zero-order chi connectivity index (χ0) is 53.6. The number of anilines is 4. The minimum Gasteiger partial charge on any atom is -0.489 e. The number of fused-ring (bicyclic) bond motifs is 6. The van der Waals surface area contributed by atoms with E-state index in [1.54, 1.807) is 43.4 Å². The third-order valence-corrected chi connectivity index (χ3v) is 18.7. The molecule has 7 heterocycles. The summed E-state index contributed by atoms with van der Waals surface area (Å²) in [5.74, 6) is -2.23. The van der Waals surface area contributed by atoms with E-state index < -0.39 is 58.1 Å². The summed E-state index contributed by atoms with van der Waals surface area (Å²) < 4.78 is 49.8. The molecule has 6 aromatic carbocycles. The SMILES string of the molecule is CN(Cc1ccc(OCC2=C(C(=O)O)N3C(=O)[C@@H](NC(=O)[C@H]4/C(=C/CO)O[C@@H]5CC(=O)N54)C3SC2)cc1)S(=O)(=O)c1ccccc1-c1c2ccc(N3CCc4ccccc43)cc2[o+]c2cc(N3CCc4ccccc43)ccc12. The second kappa shape index (κ2) is 19.3. The highest BCUT2D eigenvalue weighted by Crippen LogP contribution is 2.46. The summed E-state index contributed by atoms with van der Waals surface area (Å²) in [5.41, 5.74) is 10.1. The fourth-order valence-corrected chi connectivity index (χ4v) is 14.4. The molecule has 19 heteroatoms. The lowest BCUT2D eigenvalue weighted by Crippen LogP contribution is -2.72. The molecular formula is C59H51N6O11S2+. The number of rotatable bonds is 14. The van der Waals surface area contributed by atoms with E-state index in [2.05, 4.69) is 75.8 Å². The van der Waals surface area contributed by atoms with Crippen LogP contribution in [0.15, 0.2) is 166 Å². The van der Waals surface area contributed by atoms with Crippen LogP contribution in [0, 0.1) is 0 Å². The fraction of sp³-hybridized carbons (Fsp3) is 0.237. The van der Waals surface area contributed by atoms with Crippen molar-refractivity contribution >= 4 is 90.2 Å². The summed E-state index contributed by atoms with van der Waals surface area (Å²) in [6.07, 6.45) is 2.62. The summed E-state index contributed by atoms with van der Waals surface area (Å²) in [6, 6.07) is 40.9. The highest BCUT2D eigenvalue weighted by Gasteiger charge is 2.58. The molecule has 3 fully saturated rings. The number of carbonyl (C=O) groups excluding carboxylic acids is 3. The van der Waals surface area contributed by atoms with Gasteiger partial charge in [-0.15, -0.1) is 11.8 Å². The van der Waals surface area contributed by atoms with Crippen LogP contribution in [0.3, 0.4) is 0 Å². The van der Waals surface area contributed by atoms with Gasteiger partial charge in [0.2, 0.25) is 15.9 Å². The number of para-hydroxylation sites is 2. The number of nitrogens with zero attached hydrogens (tertiary/aromatic N) is 5. The van der Waals surface area contributed by atoms with E-state index in [1.807, 2.05) is 36.4 Å². The molecule has 0 radical (unpaired) electrons. The van der Waals surface area contributed by atoms with Crippen molar-refractivity contribution in [2.75, 3.05) is 48.9 Å². The molecule has 0 spiro atoms. The second-order valence-corrected chi connectivity index (χ2v) is 23.1. The normalized spacial score (nSPS) is 20.9. The first-order valence-corrected chi connectivity index (χ1v) is 28.2. The van der Waals surface area contributed by atoms with Gasteiger partial charge in [-0.25, -0.2) is 17.6 Å². The van der Waals surface area contributed by atoms with Crippen molar-refractivity contribution in [1.82, 2.24) is 19.4 Å². The summed E-state index contributed by atoms with van der Waals surface area (Å²) in [5, 5.41) is 23.3. The fourth-order valence-electron chi connectivity index (χ4n) is 11.7. The summed E-state index contributed by atoms with van der Waals surface area (Å²) in [4.78, 5) is 59.0. The number of β-lactam (4-membered cyclic amide) rings is 2. The maximum atomic E-state index is 14.9. The summed E-state index contributed by atoms with van der Waals surface area (Å²) >= 11 is 1.27. The number of aliphatic hydroxyl groups excluding tert-OH is 1. The summed E-state index contributed by atoms with van der Waals surface area (Å²) in [6.45, 7) is 1.09. The second-order valence-electron chi connectivity index (χ2n) is 20.0. The van der Waals surface area contributed by atoms with Gasteiger partial charge in [-0.05, 0) is 90.2 Å². The standard InChI is InChI=1S/C59H50N6O11S2/c1-61(31-34-14-18-40(19-15-34)74-32-37-33-77-58-53(57(69)65(58)54(37)59(70)71)60-56(68)55-46(24-27-66)76-51-30-50(67)64(51)55)78(72,73)49-13-7-4-10-43(49)52-41-20-16-38(62-25-22-35-8-2-5-11-44(35)62)28-47(41)75-48-29-39(17-21-42(48)52)63-26-23-36-9-3-6-12-45(36)63/h2-21,24,28-29,51,53,55,58,66H,22-23,25-27,30-33H2,1H3,(H-,60,68,70,71)/p+1/b46-24-/t51-,53-,55-,58?/m1/s1. The average molecular weight is 1080 g/mol. The Hall–Kier alpha value is -8.23. The van der Waals surface area contributed by atoms with Crippen LogP contribution >= 0.6 is 11.8 Å². The van der Waals surface area contributed by atoms with E-state index in [0.29, 0.717) is 33.6 Å². The minimum absolute atomic E-state index is 0.0206. The first-order chi connectivity index (χ1) is 37.9. The van der Waals surface area contributed by atoms with Crippen molar-refractivity contribution in [3.05, 3.63) is 173 Å². The molecule has 4 atom stereocenters. The maximum absolute atomic E-state index is 14.9. The van der Waals surface area contributed by atoms with Gasteiger partial charge in [0, 0.05) is 60.5 Å². The van der Waals surface area contributed by atoms with Crippen LogP contribution < -0.4 is 19.9 Å². The van der Waals surface area contributed by atoms with Gasteiger partial charge >= 0.3 is 17.1 Å². The van der Waals surface area contributed by atoms with Crippen molar-refractivity contribution < 1.29 is 51.7 Å². The van der Waals surface area contributed by atoms with Crippen molar-refractivity contribution in [2.24, 2.45) is 0 Å². The lowest BCUT2D eigenvalue weighted by molar-refractivity contribution is -0.160. The van der Waals surface area contributed by atoms with E-state index in [-0.39, 0.29) is 47.6 Å². The highest BCUT2D eigenvalue weighted by atomic mass is 32.2. The van der Waals surface area contributed by atoms with E-state index in [1.165, 1.54) is 38.2 Å². The van der Waals surface area contributed by atoms with Gasteiger partial charge in [-0.1, -0.05) is 66.7 Å². The molecule has 0 aliphatic carbocycles. The minimum atomic E-state index is -4.14. The molecule has 7 aromatic rings. The van der Waals surface area contributed by atoms with Gasteiger partial charge in [0.25, 0.3) is 11.8 Å². The Morgan fingerprint density at radius 1 is 0.846 bits per heavy atom. The van der Waals surface area contributed by atoms with Crippen molar-refractivity contribution in [3.63, 3.8) is 0 Å². The van der Waals surface area contributed by atoms with Gasteiger partial charge < -0.3 is 34.8 Å². The quantitative estimate of drug-likeness (QED) is 0.0544. The number of hydrogen-bond donors (Lipinski definition) is 3. The Morgan fingerprint density at radius 3 is 2.10 bits per heavy atom. The monoisotopic (exact) mass is 1080 g/mol. The smallest absolute Gasteiger partial charge is 0.363 e. The zero-order valence-electron chi connectivity index (χ0n) is 42.1. The van der Waals surface area contributed by atoms with Gasteiger partial charge in [0.1, 0.15) is 35.2 Å². The molecule has 3 amide bonds.